The molecule has 1 saturated heterocycles. The SMILES string of the molecule is C#Cc1cc2cc(c1)-c1nn(C3CCCCO3)c3ccc(cc13)OCCCNC(=O)OC2. The molecule has 1 aromatic heterocycles. The van der Waals surface area contributed by atoms with Crippen LogP contribution in [0, 0.1) is 12.3 Å². The summed E-state index contributed by atoms with van der Waals surface area (Å²) >= 11 is 0. The number of alkyl carbamates (subject to hydrolysis) is 1. The van der Waals surface area contributed by atoms with Crippen molar-refractivity contribution in [3.8, 4) is 29.4 Å². The molecule has 3 aromatic rings. The van der Waals surface area contributed by atoms with Crippen LogP contribution >= 0.6 is 0 Å². The van der Waals surface area contributed by atoms with Gasteiger partial charge in [0.05, 0.1) is 12.1 Å². The zero-order valence-electron chi connectivity index (χ0n) is 17.8. The highest BCUT2D eigenvalue weighted by Crippen LogP contribution is 2.35. The molecule has 32 heavy (non-hydrogen) atoms. The third-order valence-electron chi connectivity index (χ3n) is 5.77. The quantitative estimate of drug-likeness (QED) is 0.579. The molecule has 1 unspecified atom stereocenters. The van der Waals surface area contributed by atoms with Gasteiger partial charge in [-0.15, -0.1) is 6.42 Å². The number of ether oxygens (including phenoxy) is 3. The van der Waals surface area contributed by atoms with Gasteiger partial charge >= 0.3 is 6.09 Å². The summed E-state index contributed by atoms with van der Waals surface area (Å²) in [5, 5.41) is 8.69. The van der Waals surface area contributed by atoms with Crippen molar-refractivity contribution in [1.29, 1.82) is 0 Å². The van der Waals surface area contributed by atoms with Crippen LogP contribution in [-0.4, -0.2) is 35.6 Å². The predicted octanol–water partition coefficient (Wildman–Crippen LogP) is 4.39. The minimum atomic E-state index is -0.464. The highest BCUT2D eigenvalue weighted by molar-refractivity contribution is 5.94. The zero-order valence-corrected chi connectivity index (χ0v) is 17.8. The molecule has 0 aliphatic carbocycles. The molecule has 0 saturated carbocycles. The number of hydrogen-bond donors (Lipinski definition) is 1. The molecule has 164 valence electrons. The monoisotopic (exact) mass is 431 g/mol. The first-order chi connectivity index (χ1) is 15.7. The maximum atomic E-state index is 12.0. The minimum Gasteiger partial charge on any atom is -0.494 e. The van der Waals surface area contributed by atoms with Crippen LogP contribution in [0.4, 0.5) is 4.79 Å². The largest absolute Gasteiger partial charge is 0.494 e. The van der Waals surface area contributed by atoms with Gasteiger partial charge in [-0.25, -0.2) is 9.48 Å². The van der Waals surface area contributed by atoms with E-state index >= 15 is 0 Å². The van der Waals surface area contributed by atoms with E-state index in [1.54, 1.807) is 0 Å². The summed E-state index contributed by atoms with van der Waals surface area (Å²) in [5.74, 6) is 3.46. The molecule has 7 nitrogen and oxygen atoms in total. The van der Waals surface area contributed by atoms with E-state index in [0.717, 1.165) is 59.3 Å². The van der Waals surface area contributed by atoms with Crippen molar-refractivity contribution in [1.82, 2.24) is 15.1 Å². The second-order valence-corrected chi connectivity index (χ2v) is 8.06. The summed E-state index contributed by atoms with van der Waals surface area (Å²) < 4.78 is 19.3. The number of terminal acetylenes is 1. The molecule has 2 aromatic carbocycles. The van der Waals surface area contributed by atoms with E-state index < -0.39 is 6.09 Å². The number of cyclic esters (lactones) is 1. The van der Waals surface area contributed by atoms with E-state index in [-0.39, 0.29) is 12.8 Å². The fourth-order valence-corrected chi connectivity index (χ4v) is 4.21. The molecule has 1 fully saturated rings. The Bertz CT molecular complexity index is 1190. The topological polar surface area (TPSA) is 74.6 Å². The summed E-state index contributed by atoms with van der Waals surface area (Å²) in [6, 6.07) is 11.8. The number of fused-ring (bicyclic) bond motifs is 4. The van der Waals surface area contributed by atoms with Crippen molar-refractivity contribution in [3.63, 3.8) is 0 Å². The van der Waals surface area contributed by atoms with Crippen LogP contribution in [0.3, 0.4) is 0 Å². The smallest absolute Gasteiger partial charge is 0.407 e. The van der Waals surface area contributed by atoms with Crippen molar-refractivity contribution >= 4 is 17.0 Å². The van der Waals surface area contributed by atoms with Gasteiger partial charge in [0, 0.05) is 29.7 Å². The Hall–Kier alpha value is -3.50. The van der Waals surface area contributed by atoms with Gasteiger partial charge in [-0.05, 0) is 67.6 Å². The Morgan fingerprint density at radius 2 is 2.03 bits per heavy atom. The molecule has 2 aliphatic heterocycles. The molecule has 5 rings (SSSR count). The van der Waals surface area contributed by atoms with Crippen LogP contribution in [0.25, 0.3) is 22.2 Å². The molecule has 1 amide bonds. The molecule has 1 N–H and O–H groups in total. The van der Waals surface area contributed by atoms with E-state index in [1.165, 1.54) is 0 Å². The summed E-state index contributed by atoms with van der Waals surface area (Å²) in [4.78, 5) is 12.0. The van der Waals surface area contributed by atoms with E-state index in [4.69, 9.17) is 25.7 Å². The number of carbonyl (C=O) groups is 1. The van der Waals surface area contributed by atoms with Crippen molar-refractivity contribution in [2.24, 2.45) is 0 Å². The molecule has 1 atom stereocenters. The van der Waals surface area contributed by atoms with E-state index in [9.17, 15) is 4.79 Å². The molecular weight excluding hydrogens is 406 g/mol. The lowest BCUT2D eigenvalue weighted by Crippen LogP contribution is -2.26. The maximum absolute atomic E-state index is 12.0. The molecule has 0 radical (unpaired) electrons. The molecule has 3 heterocycles. The van der Waals surface area contributed by atoms with Crippen molar-refractivity contribution in [3.05, 3.63) is 47.5 Å². The van der Waals surface area contributed by atoms with Gasteiger partial charge in [0.15, 0.2) is 6.23 Å². The summed E-state index contributed by atoms with van der Waals surface area (Å²) in [6.45, 7) is 1.81. The normalized spacial score (nSPS) is 19.2. The first kappa shape index (κ1) is 20.4. The van der Waals surface area contributed by atoms with Gasteiger partial charge in [0.2, 0.25) is 0 Å². The molecule has 7 heteroatoms. The Kier molecular flexibility index (Phi) is 5.70. The van der Waals surface area contributed by atoms with Crippen LogP contribution < -0.4 is 10.1 Å². The zero-order chi connectivity index (χ0) is 21.9. The molecular formula is C25H25N3O4. The van der Waals surface area contributed by atoms with E-state index in [0.29, 0.717) is 25.1 Å². The number of amides is 1. The highest BCUT2D eigenvalue weighted by Gasteiger charge is 2.22. The second kappa shape index (κ2) is 8.93. The summed E-state index contributed by atoms with van der Waals surface area (Å²) in [7, 11) is 0. The minimum absolute atomic E-state index is 0.0975. The molecule has 2 aliphatic rings. The Balaban J connectivity index is 1.66. The Morgan fingerprint density at radius 1 is 1.09 bits per heavy atom. The first-order valence-corrected chi connectivity index (χ1v) is 11.0. The highest BCUT2D eigenvalue weighted by atomic mass is 16.5. The third-order valence-corrected chi connectivity index (χ3v) is 5.77. The van der Waals surface area contributed by atoms with Crippen molar-refractivity contribution < 1.29 is 19.0 Å². The summed E-state index contributed by atoms with van der Waals surface area (Å²) in [5.41, 5.74) is 4.17. The van der Waals surface area contributed by atoms with Crippen LogP contribution in [0.2, 0.25) is 0 Å². The molecule has 0 spiro atoms. The van der Waals surface area contributed by atoms with Crippen LogP contribution in [0.1, 0.15) is 43.0 Å². The van der Waals surface area contributed by atoms with Gasteiger partial charge in [-0.2, -0.15) is 5.10 Å². The van der Waals surface area contributed by atoms with Crippen molar-refractivity contribution in [2.45, 2.75) is 38.5 Å². The van der Waals surface area contributed by atoms with Gasteiger partial charge in [-0.1, -0.05) is 5.92 Å². The number of rotatable bonds is 1. The van der Waals surface area contributed by atoms with Gasteiger partial charge < -0.3 is 19.5 Å². The average Bonchev–Trinajstić information content (AvgIpc) is 3.21. The number of nitrogens with one attached hydrogen (secondary N) is 1. The van der Waals surface area contributed by atoms with Crippen LogP contribution in [0.15, 0.2) is 36.4 Å². The van der Waals surface area contributed by atoms with E-state index in [2.05, 4.69) is 11.2 Å². The molecule has 4 bridgehead atoms. The number of benzene rings is 2. The lowest BCUT2D eigenvalue weighted by Gasteiger charge is -2.23. The number of carbonyl (C=O) groups excluding carboxylic acids is 1. The fraction of sp³-hybridized carbons (Fsp3) is 0.360. The predicted molar refractivity (Wildman–Crippen MR) is 120 cm³/mol. The maximum Gasteiger partial charge on any atom is 0.407 e. The number of nitrogens with zero attached hydrogens (tertiary/aromatic N) is 2. The second-order valence-electron chi connectivity index (χ2n) is 8.06. The number of aromatic nitrogens is 2. The Morgan fingerprint density at radius 3 is 2.88 bits per heavy atom. The van der Waals surface area contributed by atoms with Crippen LogP contribution in [0.5, 0.6) is 5.75 Å². The average molecular weight is 431 g/mol. The van der Waals surface area contributed by atoms with Gasteiger partial charge in [0.25, 0.3) is 0 Å². The third kappa shape index (κ3) is 4.14. The van der Waals surface area contributed by atoms with Crippen molar-refractivity contribution in [2.75, 3.05) is 19.8 Å². The van der Waals surface area contributed by atoms with E-state index in [1.807, 2.05) is 41.1 Å². The van der Waals surface area contributed by atoms with Crippen LogP contribution in [-0.2, 0) is 16.1 Å². The lowest BCUT2D eigenvalue weighted by atomic mass is 10.0. The Labute approximate surface area is 186 Å². The number of hydrogen-bond acceptors (Lipinski definition) is 5. The first-order valence-electron chi connectivity index (χ1n) is 11.0. The fourth-order valence-electron chi connectivity index (χ4n) is 4.21. The summed E-state index contributed by atoms with van der Waals surface area (Å²) in [6.07, 6.45) is 8.94. The lowest BCUT2D eigenvalue weighted by molar-refractivity contribution is -0.0365. The van der Waals surface area contributed by atoms with Gasteiger partial charge in [-0.3, -0.25) is 0 Å². The van der Waals surface area contributed by atoms with Gasteiger partial charge in [0.1, 0.15) is 18.1 Å². The standard InChI is InChI=1S/C25H25N3O4/c1-2-17-12-18-14-19(13-17)24-21-15-20(30-11-5-9-26-25(29)32-16-18)7-8-22(21)28(27-24)23-6-3-4-10-31-23/h1,7-8,12-15,23H,3-6,9-11,16H2,(H,26,29).